The van der Waals surface area contributed by atoms with Crippen molar-refractivity contribution in [3.8, 4) is 5.75 Å². The molecule has 1 amide bonds. The summed E-state index contributed by atoms with van der Waals surface area (Å²) in [5.74, 6) is -0.196. The van der Waals surface area contributed by atoms with E-state index < -0.39 is 15.3 Å². The van der Waals surface area contributed by atoms with Crippen molar-refractivity contribution in [1.29, 1.82) is 0 Å². The van der Waals surface area contributed by atoms with Crippen LogP contribution in [-0.4, -0.2) is 31.2 Å². The minimum atomic E-state index is -3.70. The van der Waals surface area contributed by atoms with Gasteiger partial charge in [0.25, 0.3) is 0 Å². The van der Waals surface area contributed by atoms with Gasteiger partial charge in [-0.25, -0.2) is 13.6 Å². The Labute approximate surface area is 98.7 Å². The molecule has 1 saturated heterocycles. The van der Waals surface area contributed by atoms with Crippen LogP contribution in [0.25, 0.3) is 0 Å². The number of sulfonamides is 1. The molecule has 1 aliphatic heterocycles. The molecule has 3 N–H and O–H groups in total. The minimum Gasteiger partial charge on any atom is -0.508 e. The monoisotopic (exact) mass is 256 g/mol. The van der Waals surface area contributed by atoms with E-state index in [1.54, 1.807) is 12.1 Å². The molecule has 0 radical (unpaired) electrons. The molecule has 1 heterocycles. The number of phenols is 1. The molecule has 0 bridgehead atoms. The third-order valence-electron chi connectivity index (χ3n) is 2.72. The standard InChI is InChI=1S/C10H12N2O4S/c11-17(15,16)9-5-10(14)12(6-9)7-1-3-8(13)4-2-7/h1-4,9,13H,5-6H2,(H2,11,15,16). The molecule has 1 aromatic rings. The summed E-state index contributed by atoms with van der Waals surface area (Å²) in [6.45, 7) is 0.0580. The number of nitrogens with two attached hydrogens (primary N) is 1. The summed E-state index contributed by atoms with van der Waals surface area (Å²) >= 11 is 0. The maximum Gasteiger partial charge on any atom is 0.228 e. The molecule has 0 saturated carbocycles. The van der Waals surface area contributed by atoms with Crippen LogP contribution in [0.3, 0.4) is 0 Å². The first-order valence-electron chi connectivity index (χ1n) is 4.99. The second-order valence-corrected chi connectivity index (χ2v) is 5.78. The number of nitrogens with zero attached hydrogens (tertiary/aromatic N) is 1. The zero-order chi connectivity index (χ0) is 12.6. The molecular weight excluding hydrogens is 244 g/mol. The smallest absolute Gasteiger partial charge is 0.228 e. The fraction of sp³-hybridized carbons (Fsp3) is 0.300. The quantitative estimate of drug-likeness (QED) is 0.764. The van der Waals surface area contributed by atoms with Crippen LogP contribution in [0.4, 0.5) is 5.69 Å². The molecule has 17 heavy (non-hydrogen) atoms. The Morgan fingerprint density at radius 1 is 1.29 bits per heavy atom. The van der Waals surface area contributed by atoms with Crippen molar-refractivity contribution < 1.29 is 18.3 Å². The van der Waals surface area contributed by atoms with E-state index in [1.807, 2.05) is 0 Å². The first-order chi connectivity index (χ1) is 7.88. The lowest BCUT2D eigenvalue weighted by Crippen LogP contribution is -2.32. The average molecular weight is 256 g/mol. The number of rotatable bonds is 2. The van der Waals surface area contributed by atoms with E-state index >= 15 is 0 Å². The van der Waals surface area contributed by atoms with Gasteiger partial charge in [0.05, 0.1) is 0 Å². The van der Waals surface area contributed by atoms with E-state index in [1.165, 1.54) is 17.0 Å². The van der Waals surface area contributed by atoms with Gasteiger partial charge in [0.2, 0.25) is 15.9 Å². The summed E-state index contributed by atoms with van der Waals surface area (Å²) in [5.41, 5.74) is 0.555. The molecule has 2 rings (SSSR count). The number of carbonyl (C=O) groups is 1. The number of benzene rings is 1. The highest BCUT2D eigenvalue weighted by Gasteiger charge is 2.37. The fourth-order valence-electron chi connectivity index (χ4n) is 1.78. The number of phenolic OH excluding ortho intramolecular Hbond substituents is 1. The van der Waals surface area contributed by atoms with Gasteiger partial charge in [-0.05, 0) is 24.3 Å². The molecule has 1 fully saturated rings. The van der Waals surface area contributed by atoms with Crippen LogP contribution in [0, 0.1) is 0 Å². The van der Waals surface area contributed by atoms with Gasteiger partial charge in [-0.2, -0.15) is 0 Å². The van der Waals surface area contributed by atoms with Crippen LogP contribution in [0.5, 0.6) is 5.75 Å². The number of hydrogen-bond acceptors (Lipinski definition) is 4. The molecule has 7 heteroatoms. The van der Waals surface area contributed by atoms with E-state index in [-0.39, 0.29) is 24.6 Å². The van der Waals surface area contributed by atoms with Gasteiger partial charge in [0.15, 0.2) is 0 Å². The zero-order valence-corrected chi connectivity index (χ0v) is 9.72. The van der Waals surface area contributed by atoms with Crippen molar-refractivity contribution in [3.63, 3.8) is 0 Å². The molecule has 0 spiro atoms. The maximum absolute atomic E-state index is 11.7. The molecule has 0 aromatic heterocycles. The summed E-state index contributed by atoms with van der Waals surface area (Å²) < 4.78 is 22.3. The summed E-state index contributed by atoms with van der Waals surface area (Å²) in [6.07, 6.45) is -0.0975. The zero-order valence-electron chi connectivity index (χ0n) is 8.91. The highest BCUT2D eigenvalue weighted by Crippen LogP contribution is 2.25. The van der Waals surface area contributed by atoms with E-state index in [0.717, 1.165) is 0 Å². The topological polar surface area (TPSA) is 101 Å². The van der Waals surface area contributed by atoms with Crippen LogP contribution >= 0.6 is 0 Å². The number of primary sulfonamides is 1. The molecule has 1 aliphatic rings. The Morgan fingerprint density at radius 2 is 1.88 bits per heavy atom. The number of carbonyl (C=O) groups excluding carboxylic acids is 1. The van der Waals surface area contributed by atoms with Gasteiger partial charge in [0, 0.05) is 18.7 Å². The predicted molar refractivity (Wildman–Crippen MR) is 62.0 cm³/mol. The Kier molecular flexibility index (Phi) is 2.80. The van der Waals surface area contributed by atoms with E-state index in [4.69, 9.17) is 10.2 Å². The van der Waals surface area contributed by atoms with Gasteiger partial charge >= 0.3 is 0 Å². The van der Waals surface area contributed by atoms with Gasteiger partial charge < -0.3 is 10.0 Å². The highest BCUT2D eigenvalue weighted by atomic mass is 32.2. The Hall–Kier alpha value is -1.60. The lowest BCUT2D eigenvalue weighted by molar-refractivity contribution is -0.117. The van der Waals surface area contributed by atoms with Gasteiger partial charge in [-0.3, -0.25) is 4.79 Å². The highest BCUT2D eigenvalue weighted by molar-refractivity contribution is 7.89. The molecule has 1 atom stereocenters. The maximum atomic E-state index is 11.7. The molecule has 6 nitrogen and oxygen atoms in total. The number of anilines is 1. The largest absolute Gasteiger partial charge is 0.508 e. The molecule has 1 unspecified atom stereocenters. The lowest BCUT2D eigenvalue weighted by atomic mass is 10.3. The Morgan fingerprint density at radius 3 is 2.35 bits per heavy atom. The third-order valence-corrected chi connectivity index (χ3v) is 3.96. The SMILES string of the molecule is NS(=O)(=O)C1CC(=O)N(c2ccc(O)cc2)C1. The summed E-state index contributed by atoms with van der Waals surface area (Å²) in [6, 6.07) is 5.98. The second kappa shape index (κ2) is 4.01. The van der Waals surface area contributed by atoms with E-state index in [0.29, 0.717) is 5.69 Å². The van der Waals surface area contributed by atoms with Crippen molar-refractivity contribution in [2.24, 2.45) is 5.14 Å². The molecule has 92 valence electrons. The summed E-state index contributed by atoms with van der Waals surface area (Å²) in [7, 11) is -3.70. The minimum absolute atomic E-state index is 0.0580. The number of amides is 1. The Balaban J connectivity index is 2.24. The first-order valence-corrected chi connectivity index (χ1v) is 6.60. The third kappa shape index (κ3) is 2.40. The molecule has 1 aromatic carbocycles. The van der Waals surface area contributed by atoms with Crippen molar-refractivity contribution in [2.45, 2.75) is 11.7 Å². The number of hydrogen-bond donors (Lipinski definition) is 2. The van der Waals surface area contributed by atoms with Crippen LogP contribution in [0.2, 0.25) is 0 Å². The number of aromatic hydroxyl groups is 1. The van der Waals surface area contributed by atoms with Gasteiger partial charge in [0.1, 0.15) is 11.0 Å². The average Bonchev–Trinajstić information content (AvgIpc) is 2.61. The van der Waals surface area contributed by atoms with Crippen molar-refractivity contribution >= 4 is 21.6 Å². The van der Waals surface area contributed by atoms with E-state index in [9.17, 15) is 13.2 Å². The van der Waals surface area contributed by atoms with Crippen molar-refractivity contribution in [3.05, 3.63) is 24.3 Å². The molecular formula is C10H12N2O4S. The first kappa shape index (κ1) is 11.9. The second-order valence-electron chi connectivity index (χ2n) is 3.94. The van der Waals surface area contributed by atoms with Crippen LogP contribution in [0.15, 0.2) is 24.3 Å². The van der Waals surface area contributed by atoms with Crippen LogP contribution < -0.4 is 10.0 Å². The molecule has 0 aliphatic carbocycles. The fourth-order valence-corrected chi connectivity index (χ4v) is 2.51. The summed E-state index contributed by atoms with van der Waals surface area (Å²) in [4.78, 5) is 13.0. The predicted octanol–water partition coefficient (Wildman–Crippen LogP) is -0.214. The normalized spacial score (nSPS) is 20.9. The van der Waals surface area contributed by atoms with Crippen molar-refractivity contribution in [2.75, 3.05) is 11.4 Å². The Bertz CT molecular complexity index is 538. The van der Waals surface area contributed by atoms with Crippen LogP contribution in [-0.2, 0) is 14.8 Å². The van der Waals surface area contributed by atoms with Gasteiger partial charge in [-0.15, -0.1) is 0 Å². The van der Waals surface area contributed by atoms with Crippen LogP contribution in [0.1, 0.15) is 6.42 Å². The summed E-state index contributed by atoms with van der Waals surface area (Å²) in [5, 5.41) is 13.3. The van der Waals surface area contributed by atoms with Crippen molar-refractivity contribution in [1.82, 2.24) is 0 Å². The lowest BCUT2D eigenvalue weighted by Gasteiger charge is -2.16. The van der Waals surface area contributed by atoms with Gasteiger partial charge in [-0.1, -0.05) is 0 Å². The van der Waals surface area contributed by atoms with E-state index in [2.05, 4.69) is 0 Å².